The minimum Gasteiger partial charge on any atom is -0.367 e. The van der Waals surface area contributed by atoms with E-state index in [9.17, 15) is 4.79 Å². The molecule has 4 heteroatoms. The molecule has 17 heavy (non-hydrogen) atoms. The van der Waals surface area contributed by atoms with Gasteiger partial charge in [-0.1, -0.05) is 5.92 Å². The van der Waals surface area contributed by atoms with Crippen LogP contribution in [0.25, 0.3) is 0 Å². The highest BCUT2D eigenvalue weighted by molar-refractivity contribution is 5.76. The van der Waals surface area contributed by atoms with Crippen molar-refractivity contribution in [1.29, 1.82) is 0 Å². The fourth-order valence-corrected chi connectivity index (χ4v) is 2.16. The van der Waals surface area contributed by atoms with Crippen LogP contribution in [0.1, 0.15) is 32.1 Å². The second-order valence-electron chi connectivity index (χ2n) is 4.35. The highest BCUT2D eigenvalue weighted by atomic mass is 16.5. The lowest BCUT2D eigenvalue weighted by Crippen LogP contribution is -2.38. The van der Waals surface area contributed by atoms with Crippen LogP contribution in [0.2, 0.25) is 0 Å². The molecule has 0 aromatic heterocycles. The zero-order valence-electron chi connectivity index (χ0n) is 10.4. The van der Waals surface area contributed by atoms with Gasteiger partial charge in [-0.25, -0.2) is 0 Å². The average Bonchev–Trinajstić information content (AvgIpc) is 2.78. The van der Waals surface area contributed by atoms with Gasteiger partial charge in [0.05, 0.1) is 12.6 Å². The summed E-state index contributed by atoms with van der Waals surface area (Å²) < 4.78 is 5.32. The van der Waals surface area contributed by atoms with Crippen molar-refractivity contribution in [2.75, 3.05) is 26.3 Å². The molecule has 96 valence electrons. The molecule has 0 aromatic rings. The zero-order chi connectivity index (χ0) is 12.5. The number of hydrogen-bond donors (Lipinski definition) is 1. The van der Waals surface area contributed by atoms with Gasteiger partial charge in [0.15, 0.2) is 0 Å². The molecule has 0 spiro atoms. The van der Waals surface area contributed by atoms with Crippen molar-refractivity contribution < 1.29 is 9.53 Å². The van der Waals surface area contributed by atoms with Crippen LogP contribution in [0.5, 0.6) is 0 Å². The predicted molar refractivity (Wildman–Crippen MR) is 67.3 cm³/mol. The van der Waals surface area contributed by atoms with E-state index in [4.69, 9.17) is 16.9 Å². The second-order valence-corrected chi connectivity index (χ2v) is 4.35. The number of rotatable bonds is 7. The first-order chi connectivity index (χ1) is 8.29. The van der Waals surface area contributed by atoms with Gasteiger partial charge in [-0.05, 0) is 32.2 Å². The molecule has 1 amide bonds. The first-order valence-electron chi connectivity index (χ1n) is 6.30. The molecular formula is C13H22N2O2. The van der Waals surface area contributed by atoms with Gasteiger partial charge < -0.3 is 15.4 Å². The molecule has 0 radical (unpaired) electrons. The normalized spacial score (nSPS) is 19.3. The molecular weight excluding hydrogens is 216 g/mol. The van der Waals surface area contributed by atoms with Crippen molar-refractivity contribution in [3.63, 3.8) is 0 Å². The molecule has 1 unspecified atom stereocenters. The molecule has 1 rings (SSSR count). The van der Waals surface area contributed by atoms with Gasteiger partial charge in [-0.2, -0.15) is 0 Å². The second kappa shape index (κ2) is 8.10. The first-order valence-corrected chi connectivity index (χ1v) is 6.30. The van der Waals surface area contributed by atoms with Gasteiger partial charge >= 0.3 is 0 Å². The first kappa shape index (κ1) is 14.0. The van der Waals surface area contributed by atoms with Gasteiger partial charge in [-0.3, -0.25) is 4.79 Å². The highest BCUT2D eigenvalue weighted by Gasteiger charge is 2.27. The van der Waals surface area contributed by atoms with E-state index in [0.29, 0.717) is 26.2 Å². The van der Waals surface area contributed by atoms with E-state index in [2.05, 4.69) is 5.92 Å². The monoisotopic (exact) mass is 238 g/mol. The fraction of sp³-hybridized carbons (Fsp3) is 0.769. The van der Waals surface area contributed by atoms with Crippen molar-refractivity contribution in [2.24, 2.45) is 5.73 Å². The van der Waals surface area contributed by atoms with Gasteiger partial charge in [0, 0.05) is 13.0 Å². The Kier molecular flexibility index (Phi) is 6.68. The SMILES string of the molecule is C#CCOCC1CCCN1C(=O)CCCCN. The maximum atomic E-state index is 12.0. The molecule has 0 saturated carbocycles. The van der Waals surface area contributed by atoms with Crippen molar-refractivity contribution in [1.82, 2.24) is 4.90 Å². The summed E-state index contributed by atoms with van der Waals surface area (Å²) >= 11 is 0. The number of hydrogen-bond acceptors (Lipinski definition) is 3. The van der Waals surface area contributed by atoms with Gasteiger partial charge in [0.1, 0.15) is 6.61 Å². The maximum Gasteiger partial charge on any atom is 0.222 e. The van der Waals surface area contributed by atoms with E-state index < -0.39 is 0 Å². The standard InChI is InChI=1S/C13H22N2O2/c1-2-10-17-11-12-6-5-9-15(12)13(16)7-3-4-8-14/h1,12H,3-11,14H2. The molecule has 1 atom stereocenters. The summed E-state index contributed by atoms with van der Waals surface area (Å²) in [5.41, 5.74) is 5.41. The molecule has 1 aliphatic heterocycles. The van der Waals surface area contributed by atoms with Crippen LogP contribution in [-0.4, -0.2) is 43.2 Å². The Hall–Kier alpha value is -1.05. The van der Waals surface area contributed by atoms with Crippen molar-refractivity contribution in [3.8, 4) is 12.3 Å². The maximum absolute atomic E-state index is 12.0. The summed E-state index contributed by atoms with van der Waals surface area (Å²) in [4.78, 5) is 13.9. The van der Waals surface area contributed by atoms with Crippen LogP contribution >= 0.6 is 0 Å². The number of carbonyl (C=O) groups excluding carboxylic acids is 1. The van der Waals surface area contributed by atoms with Gasteiger partial charge in [-0.15, -0.1) is 6.42 Å². The Morgan fingerprint density at radius 1 is 1.53 bits per heavy atom. The summed E-state index contributed by atoms with van der Waals surface area (Å²) in [6.45, 7) is 2.39. The summed E-state index contributed by atoms with van der Waals surface area (Å²) in [7, 11) is 0. The quantitative estimate of drug-likeness (QED) is 0.526. The van der Waals surface area contributed by atoms with Crippen LogP contribution in [0.15, 0.2) is 0 Å². The van der Waals surface area contributed by atoms with E-state index in [1.807, 2.05) is 4.90 Å². The van der Waals surface area contributed by atoms with Crippen LogP contribution in [0.4, 0.5) is 0 Å². The van der Waals surface area contributed by atoms with E-state index >= 15 is 0 Å². The smallest absolute Gasteiger partial charge is 0.222 e. The minimum absolute atomic E-state index is 0.216. The molecule has 1 saturated heterocycles. The third-order valence-electron chi connectivity index (χ3n) is 3.04. The Morgan fingerprint density at radius 3 is 3.06 bits per heavy atom. The number of likely N-dealkylation sites (tertiary alicyclic amines) is 1. The number of nitrogens with two attached hydrogens (primary N) is 1. The fourth-order valence-electron chi connectivity index (χ4n) is 2.16. The zero-order valence-corrected chi connectivity index (χ0v) is 10.4. The lowest BCUT2D eigenvalue weighted by Gasteiger charge is -2.24. The molecule has 0 aliphatic carbocycles. The lowest BCUT2D eigenvalue weighted by molar-refractivity contribution is -0.133. The summed E-state index contributed by atoms with van der Waals surface area (Å²) in [6, 6.07) is 0.216. The molecule has 0 aromatic carbocycles. The third-order valence-corrected chi connectivity index (χ3v) is 3.04. The number of ether oxygens (including phenoxy) is 1. The summed E-state index contributed by atoms with van der Waals surface area (Å²) in [5.74, 6) is 2.67. The lowest BCUT2D eigenvalue weighted by atomic mass is 10.2. The Labute approximate surface area is 103 Å². The van der Waals surface area contributed by atoms with E-state index in [0.717, 1.165) is 32.2 Å². The number of carbonyl (C=O) groups is 1. The molecule has 4 nitrogen and oxygen atoms in total. The molecule has 1 heterocycles. The van der Waals surface area contributed by atoms with Crippen molar-refractivity contribution >= 4 is 5.91 Å². The Morgan fingerprint density at radius 2 is 2.35 bits per heavy atom. The Balaban J connectivity index is 2.29. The highest BCUT2D eigenvalue weighted by Crippen LogP contribution is 2.19. The number of amides is 1. The van der Waals surface area contributed by atoms with Crippen LogP contribution in [-0.2, 0) is 9.53 Å². The van der Waals surface area contributed by atoms with E-state index in [1.165, 1.54) is 0 Å². The van der Waals surface area contributed by atoms with Crippen LogP contribution in [0.3, 0.4) is 0 Å². The Bertz CT molecular complexity index is 273. The summed E-state index contributed by atoms with van der Waals surface area (Å²) in [5, 5.41) is 0. The van der Waals surface area contributed by atoms with Gasteiger partial charge in [0.2, 0.25) is 5.91 Å². The van der Waals surface area contributed by atoms with Gasteiger partial charge in [0.25, 0.3) is 0 Å². The minimum atomic E-state index is 0.216. The van der Waals surface area contributed by atoms with Crippen molar-refractivity contribution in [2.45, 2.75) is 38.1 Å². The topological polar surface area (TPSA) is 55.6 Å². The van der Waals surface area contributed by atoms with Crippen LogP contribution in [0, 0.1) is 12.3 Å². The average molecular weight is 238 g/mol. The molecule has 2 N–H and O–H groups in total. The number of unbranched alkanes of at least 4 members (excludes halogenated alkanes) is 1. The van der Waals surface area contributed by atoms with E-state index in [-0.39, 0.29) is 11.9 Å². The molecule has 1 fully saturated rings. The van der Waals surface area contributed by atoms with E-state index in [1.54, 1.807) is 0 Å². The third kappa shape index (κ3) is 4.76. The summed E-state index contributed by atoms with van der Waals surface area (Å²) in [6.07, 6.45) is 9.60. The number of terminal acetylenes is 1. The molecule has 1 aliphatic rings. The predicted octanol–water partition coefficient (Wildman–Crippen LogP) is 0.756. The van der Waals surface area contributed by atoms with Crippen molar-refractivity contribution in [3.05, 3.63) is 0 Å². The molecule has 0 bridgehead atoms. The largest absolute Gasteiger partial charge is 0.367 e. The van der Waals surface area contributed by atoms with Crippen LogP contribution < -0.4 is 5.73 Å². The number of nitrogens with zero attached hydrogens (tertiary/aromatic N) is 1.